The number of pyridine rings is 1. The van der Waals surface area contributed by atoms with Gasteiger partial charge in [-0.2, -0.15) is 0 Å². The van der Waals surface area contributed by atoms with Crippen molar-refractivity contribution < 1.29 is 14.3 Å². The van der Waals surface area contributed by atoms with Crippen molar-refractivity contribution in [3.63, 3.8) is 0 Å². The van der Waals surface area contributed by atoms with Gasteiger partial charge >= 0.3 is 0 Å². The van der Waals surface area contributed by atoms with Crippen LogP contribution < -0.4 is 5.32 Å². The van der Waals surface area contributed by atoms with E-state index >= 15 is 0 Å². The molecule has 27 heavy (non-hydrogen) atoms. The van der Waals surface area contributed by atoms with Crippen LogP contribution in [0.25, 0.3) is 0 Å². The summed E-state index contributed by atoms with van der Waals surface area (Å²) in [7, 11) is 1.55. The molecule has 0 radical (unpaired) electrons. The fourth-order valence-corrected chi connectivity index (χ4v) is 5.41. The number of fused-ring (bicyclic) bond motifs is 1. The Morgan fingerprint density at radius 1 is 1.30 bits per heavy atom. The molecule has 1 atom stereocenters. The second-order valence-electron chi connectivity index (χ2n) is 8.19. The van der Waals surface area contributed by atoms with E-state index in [1.54, 1.807) is 13.3 Å². The lowest BCUT2D eigenvalue weighted by Gasteiger charge is -2.46. The van der Waals surface area contributed by atoms with Crippen LogP contribution in [0.1, 0.15) is 24.8 Å². The lowest BCUT2D eigenvalue weighted by Crippen LogP contribution is -2.53. The highest BCUT2D eigenvalue weighted by atomic mass is 16.5. The topological polar surface area (TPSA) is 74.8 Å². The van der Waals surface area contributed by atoms with Crippen LogP contribution in [0.15, 0.2) is 24.5 Å². The number of carbonyl (C=O) groups is 2. The van der Waals surface area contributed by atoms with Gasteiger partial charge in [-0.3, -0.25) is 19.5 Å². The fourth-order valence-electron chi connectivity index (χ4n) is 5.41. The Balaban J connectivity index is 1.53. The van der Waals surface area contributed by atoms with E-state index in [0.717, 1.165) is 45.4 Å². The van der Waals surface area contributed by atoms with E-state index in [1.165, 1.54) is 5.56 Å². The molecule has 1 aromatic heterocycles. The molecule has 4 heterocycles. The van der Waals surface area contributed by atoms with Crippen LogP contribution in [0.2, 0.25) is 0 Å². The van der Waals surface area contributed by atoms with Crippen molar-refractivity contribution in [3.8, 4) is 0 Å². The minimum absolute atomic E-state index is 0.0440. The Labute approximate surface area is 160 Å². The minimum atomic E-state index is -0.328. The smallest absolute Gasteiger partial charge is 0.248 e. The van der Waals surface area contributed by atoms with Gasteiger partial charge in [0.2, 0.25) is 11.8 Å². The first-order valence-electron chi connectivity index (χ1n) is 9.75. The Kier molecular flexibility index (Phi) is 4.90. The van der Waals surface area contributed by atoms with E-state index in [0.29, 0.717) is 13.1 Å². The largest absolute Gasteiger partial charge is 0.375 e. The Morgan fingerprint density at radius 2 is 2.11 bits per heavy atom. The van der Waals surface area contributed by atoms with Gasteiger partial charge in [0.15, 0.2) is 0 Å². The maximum atomic E-state index is 12.9. The quantitative estimate of drug-likeness (QED) is 0.840. The molecular formula is C20H28N4O3. The van der Waals surface area contributed by atoms with Crippen LogP contribution in [0.4, 0.5) is 0 Å². The number of hydrogen-bond donors (Lipinski definition) is 1. The van der Waals surface area contributed by atoms with Crippen LogP contribution in [-0.4, -0.2) is 73.0 Å². The zero-order chi connectivity index (χ0) is 18.9. The Hall–Kier alpha value is -1.99. The summed E-state index contributed by atoms with van der Waals surface area (Å²) in [5.41, 5.74) is 0.793. The summed E-state index contributed by atoms with van der Waals surface area (Å²) in [5.74, 6) is 0.246. The summed E-state index contributed by atoms with van der Waals surface area (Å²) >= 11 is 0. The summed E-state index contributed by atoms with van der Waals surface area (Å²) in [5, 5.41) is 3.08. The molecule has 2 spiro atoms. The molecule has 0 aliphatic carbocycles. The summed E-state index contributed by atoms with van der Waals surface area (Å²) < 4.78 is 5.00. The molecule has 0 saturated carbocycles. The van der Waals surface area contributed by atoms with Gasteiger partial charge in [0, 0.05) is 64.2 Å². The van der Waals surface area contributed by atoms with E-state index in [2.05, 4.69) is 21.3 Å². The molecule has 1 N–H and O–H groups in total. The van der Waals surface area contributed by atoms with Crippen LogP contribution >= 0.6 is 0 Å². The zero-order valence-corrected chi connectivity index (χ0v) is 15.9. The average molecular weight is 372 g/mol. The normalized spacial score (nSPS) is 27.4. The SMILES string of the molecule is COCC(=O)N1CCC2(CC1)CN(Cc1cccnc1)C[C@]21CCNC1=O. The lowest BCUT2D eigenvalue weighted by molar-refractivity contribution is -0.141. The zero-order valence-electron chi connectivity index (χ0n) is 15.9. The molecule has 4 rings (SSSR count). The third kappa shape index (κ3) is 3.12. The standard InChI is InChI=1S/C20H28N4O3/c1-27-13-17(25)24-9-5-19(6-10-24)14-23(12-16-3-2-7-21-11-16)15-20(19)4-8-22-18(20)26/h2-3,7,11H,4-6,8-10,12-15H2,1H3,(H,22,26)/t20-/m0/s1. The predicted molar refractivity (Wildman–Crippen MR) is 99.7 cm³/mol. The number of nitrogens with one attached hydrogen (secondary N) is 1. The number of nitrogens with zero attached hydrogens (tertiary/aromatic N) is 3. The van der Waals surface area contributed by atoms with E-state index in [1.807, 2.05) is 17.2 Å². The molecule has 146 valence electrons. The number of rotatable bonds is 4. The molecule has 0 unspecified atom stereocenters. The summed E-state index contributed by atoms with van der Waals surface area (Å²) in [6.07, 6.45) is 6.33. The van der Waals surface area contributed by atoms with E-state index in [9.17, 15) is 9.59 Å². The number of piperidine rings is 1. The van der Waals surface area contributed by atoms with E-state index in [4.69, 9.17) is 4.74 Å². The van der Waals surface area contributed by atoms with Gasteiger partial charge in [-0.25, -0.2) is 0 Å². The minimum Gasteiger partial charge on any atom is -0.375 e. The van der Waals surface area contributed by atoms with Crippen molar-refractivity contribution in [2.45, 2.75) is 25.8 Å². The predicted octanol–water partition coefficient (Wildman–Crippen LogP) is 0.659. The third-order valence-corrected chi connectivity index (χ3v) is 6.78. The lowest BCUT2D eigenvalue weighted by atomic mass is 9.60. The van der Waals surface area contributed by atoms with Crippen molar-refractivity contribution in [2.24, 2.45) is 10.8 Å². The van der Waals surface area contributed by atoms with Gasteiger partial charge in [0.1, 0.15) is 6.61 Å². The fraction of sp³-hybridized carbons (Fsp3) is 0.650. The van der Waals surface area contributed by atoms with Crippen molar-refractivity contribution in [2.75, 3.05) is 46.4 Å². The van der Waals surface area contributed by atoms with Gasteiger partial charge in [-0.1, -0.05) is 6.07 Å². The number of aromatic nitrogens is 1. The molecule has 1 aromatic rings. The Morgan fingerprint density at radius 3 is 2.74 bits per heavy atom. The first-order chi connectivity index (χ1) is 13.1. The van der Waals surface area contributed by atoms with Crippen LogP contribution in [-0.2, 0) is 20.9 Å². The highest BCUT2D eigenvalue weighted by Gasteiger charge is 2.63. The van der Waals surface area contributed by atoms with Crippen LogP contribution in [0.3, 0.4) is 0 Å². The van der Waals surface area contributed by atoms with E-state index in [-0.39, 0.29) is 29.3 Å². The van der Waals surface area contributed by atoms with Gasteiger partial charge in [-0.05, 0) is 30.9 Å². The third-order valence-electron chi connectivity index (χ3n) is 6.78. The van der Waals surface area contributed by atoms with Gasteiger partial charge in [-0.15, -0.1) is 0 Å². The molecule has 3 fully saturated rings. The highest BCUT2D eigenvalue weighted by Crippen LogP contribution is 2.56. The molecule has 3 aliphatic rings. The second-order valence-corrected chi connectivity index (χ2v) is 8.19. The van der Waals surface area contributed by atoms with Crippen LogP contribution in [0, 0.1) is 10.8 Å². The number of carbonyl (C=O) groups excluding carboxylic acids is 2. The molecule has 2 amide bonds. The summed E-state index contributed by atoms with van der Waals surface area (Å²) in [6, 6.07) is 4.05. The maximum Gasteiger partial charge on any atom is 0.248 e. The number of likely N-dealkylation sites (tertiary alicyclic amines) is 2. The summed E-state index contributed by atoms with van der Waals surface area (Å²) in [6.45, 7) is 4.81. The molecule has 7 heteroatoms. The second kappa shape index (κ2) is 7.20. The molecule has 0 bridgehead atoms. The molecule has 3 aliphatic heterocycles. The number of ether oxygens (including phenoxy) is 1. The first-order valence-corrected chi connectivity index (χ1v) is 9.75. The Bertz CT molecular complexity index is 702. The summed E-state index contributed by atoms with van der Waals surface area (Å²) in [4.78, 5) is 33.6. The highest BCUT2D eigenvalue weighted by molar-refractivity contribution is 5.86. The van der Waals surface area contributed by atoms with Crippen molar-refractivity contribution in [1.82, 2.24) is 20.1 Å². The van der Waals surface area contributed by atoms with Crippen molar-refractivity contribution in [3.05, 3.63) is 30.1 Å². The molecular weight excluding hydrogens is 344 g/mol. The van der Waals surface area contributed by atoms with Gasteiger partial charge in [0.05, 0.1) is 5.41 Å². The van der Waals surface area contributed by atoms with Crippen LogP contribution in [0.5, 0.6) is 0 Å². The number of methoxy groups -OCH3 is 1. The van der Waals surface area contributed by atoms with Crippen molar-refractivity contribution in [1.29, 1.82) is 0 Å². The first kappa shape index (κ1) is 18.4. The number of amides is 2. The molecule has 3 saturated heterocycles. The van der Waals surface area contributed by atoms with Gasteiger partial charge < -0.3 is 15.0 Å². The molecule has 7 nitrogen and oxygen atoms in total. The monoisotopic (exact) mass is 372 g/mol. The van der Waals surface area contributed by atoms with Crippen molar-refractivity contribution >= 4 is 11.8 Å². The average Bonchev–Trinajstić information content (AvgIpc) is 3.18. The van der Waals surface area contributed by atoms with E-state index < -0.39 is 0 Å². The molecule has 0 aromatic carbocycles. The van der Waals surface area contributed by atoms with Gasteiger partial charge in [0.25, 0.3) is 0 Å². The number of hydrogen-bond acceptors (Lipinski definition) is 5. The maximum absolute atomic E-state index is 12.9.